The summed E-state index contributed by atoms with van der Waals surface area (Å²) >= 11 is 0. The van der Waals surface area contributed by atoms with E-state index < -0.39 is 0 Å². The van der Waals surface area contributed by atoms with Gasteiger partial charge in [-0.3, -0.25) is 9.78 Å². The van der Waals surface area contributed by atoms with Crippen LogP contribution in [0.3, 0.4) is 0 Å². The largest absolute Gasteiger partial charge is 0.489 e. The Bertz CT molecular complexity index is 584. The van der Waals surface area contributed by atoms with Crippen molar-refractivity contribution in [2.75, 3.05) is 0 Å². The van der Waals surface area contributed by atoms with Crippen LogP contribution >= 0.6 is 0 Å². The van der Waals surface area contributed by atoms with Gasteiger partial charge in [-0.1, -0.05) is 18.2 Å². The lowest BCUT2D eigenvalue weighted by molar-refractivity contribution is 0.0888. The van der Waals surface area contributed by atoms with Crippen LogP contribution in [0.15, 0.2) is 42.7 Å². The molecule has 0 fully saturated rings. The molecule has 2 rings (SSSR count). The van der Waals surface area contributed by atoms with Crippen molar-refractivity contribution in [3.63, 3.8) is 0 Å². The van der Waals surface area contributed by atoms with Gasteiger partial charge in [0.05, 0.1) is 17.9 Å². The van der Waals surface area contributed by atoms with Gasteiger partial charge in [0.15, 0.2) is 0 Å². The fourth-order valence-corrected chi connectivity index (χ4v) is 1.72. The Labute approximate surface area is 124 Å². The van der Waals surface area contributed by atoms with Crippen LogP contribution in [-0.2, 0) is 0 Å². The smallest absolute Gasteiger partial charge is 0.271 e. The number of amides is 1. The fraction of sp³-hybridized carbons (Fsp3) is 0.312. The highest BCUT2D eigenvalue weighted by atomic mass is 16.5. The molecular formula is C16H19N3O2. The number of ether oxygens (including phenoxy) is 1. The maximum atomic E-state index is 12.1. The normalized spacial score (nSPS) is 13.3. The molecule has 1 heterocycles. The summed E-state index contributed by atoms with van der Waals surface area (Å²) in [4.78, 5) is 20.2. The Morgan fingerprint density at radius 1 is 1.14 bits per heavy atom. The van der Waals surface area contributed by atoms with E-state index in [9.17, 15) is 4.79 Å². The number of benzene rings is 1. The van der Waals surface area contributed by atoms with Crippen molar-refractivity contribution in [1.29, 1.82) is 0 Å². The molecule has 1 N–H and O–H groups in total. The number of para-hydroxylation sites is 1. The molecule has 21 heavy (non-hydrogen) atoms. The summed E-state index contributed by atoms with van der Waals surface area (Å²) in [6.45, 7) is 5.64. The summed E-state index contributed by atoms with van der Waals surface area (Å²) in [5.74, 6) is 0.528. The summed E-state index contributed by atoms with van der Waals surface area (Å²) in [5.41, 5.74) is 1.08. The zero-order valence-electron chi connectivity index (χ0n) is 12.4. The molecule has 0 bridgehead atoms. The number of carbonyl (C=O) groups is 1. The molecule has 0 aliphatic heterocycles. The molecule has 0 saturated heterocycles. The van der Waals surface area contributed by atoms with Crippen LogP contribution in [0, 0.1) is 6.92 Å². The van der Waals surface area contributed by atoms with Gasteiger partial charge in [0.1, 0.15) is 17.5 Å². The molecular weight excluding hydrogens is 266 g/mol. The lowest BCUT2D eigenvalue weighted by Gasteiger charge is -2.22. The standard InChI is InChI=1S/C16H19N3O2/c1-11-9-18-15(10-17-11)16(20)19-12(2)13(3)21-14-7-5-4-6-8-14/h4-10,12-13H,1-3H3,(H,19,20)/t12-,13+/m1/s1. The summed E-state index contributed by atoms with van der Waals surface area (Å²) < 4.78 is 5.78. The second-order valence-electron chi connectivity index (χ2n) is 4.94. The van der Waals surface area contributed by atoms with Gasteiger partial charge >= 0.3 is 0 Å². The lowest BCUT2D eigenvalue weighted by atomic mass is 10.2. The Kier molecular flexibility index (Phi) is 4.87. The summed E-state index contributed by atoms with van der Waals surface area (Å²) in [6.07, 6.45) is 2.89. The minimum absolute atomic E-state index is 0.152. The Hall–Kier alpha value is -2.43. The van der Waals surface area contributed by atoms with Gasteiger partial charge in [0.2, 0.25) is 0 Å². The van der Waals surface area contributed by atoms with E-state index in [1.54, 1.807) is 6.20 Å². The number of rotatable bonds is 5. The predicted octanol–water partition coefficient (Wildman–Crippen LogP) is 2.37. The second kappa shape index (κ2) is 6.83. The molecule has 2 atom stereocenters. The Morgan fingerprint density at radius 2 is 1.86 bits per heavy atom. The molecule has 0 radical (unpaired) electrons. The van der Waals surface area contributed by atoms with Gasteiger partial charge in [0.25, 0.3) is 5.91 Å². The van der Waals surface area contributed by atoms with Gasteiger partial charge in [-0.2, -0.15) is 0 Å². The van der Waals surface area contributed by atoms with E-state index in [0.29, 0.717) is 5.69 Å². The van der Waals surface area contributed by atoms with Crippen molar-refractivity contribution in [3.05, 3.63) is 54.1 Å². The van der Waals surface area contributed by atoms with E-state index in [1.165, 1.54) is 6.20 Å². The second-order valence-corrected chi connectivity index (χ2v) is 4.94. The lowest BCUT2D eigenvalue weighted by Crippen LogP contribution is -2.42. The number of aryl methyl sites for hydroxylation is 1. The first-order valence-electron chi connectivity index (χ1n) is 6.87. The molecule has 5 nitrogen and oxygen atoms in total. The zero-order valence-corrected chi connectivity index (χ0v) is 12.4. The van der Waals surface area contributed by atoms with E-state index in [-0.39, 0.29) is 18.1 Å². The van der Waals surface area contributed by atoms with Gasteiger partial charge in [-0.25, -0.2) is 4.98 Å². The van der Waals surface area contributed by atoms with Gasteiger partial charge < -0.3 is 10.1 Å². The highest BCUT2D eigenvalue weighted by Gasteiger charge is 2.18. The number of hydrogen-bond acceptors (Lipinski definition) is 4. The van der Waals surface area contributed by atoms with Crippen molar-refractivity contribution < 1.29 is 9.53 Å². The van der Waals surface area contributed by atoms with Crippen LogP contribution in [-0.4, -0.2) is 28.0 Å². The number of carbonyl (C=O) groups excluding carboxylic acids is 1. The van der Waals surface area contributed by atoms with Crippen molar-refractivity contribution in [3.8, 4) is 5.75 Å². The van der Waals surface area contributed by atoms with Crippen LogP contribution < -0.4 is 10.1 Å². The third-order valence-electron chi connectivity index (χ3n) is 3.14. The van der Waals surface area contributed by atoms with Gasteiger partial charge in [-0.05, 0) is 32.9 Å². The molecule has 2 aromatic rings. The van der Waals surface area contributed by atoms with Crippen molar-refractivity contribution in [2.45, 2.75) is 32.9 Å². The van der Waals surface area contributed by atoms with Crippen LogP contribution in [0.25, 0.3) is 0 Å². The van der Waals surface area contributed by atoms with Crippen LogP contribution in [0.5, 0.6) is 5.75 Å². The number of nitrogens with zero attached hydrogens (tertiary/aromatic N) is 2. The van der Waals surface area contributed by atoms with Crippen molar-refractivity contribution in [1.82, 2.24) is 15.3 Å². The van der Waals surface area contributed by atoms with Crippen LogP contribution in [0.4, 0.5) is 0 Å². The van der Waals surface area contributed by atoms with E-state index >= 15 is 0 Å². The SMILES string of the molecule is Cc1cnc(C(=O)N[C@H](C)[C@H](C)Oc2ccccc2)cn1. The predicted molar refractivity (Wildman–Crippen MR) is 80.2 cm³/mol. The van der Waals surface area contributed by atoms with Crippen molar-refractivity contribution >= 4 is 5.91 Å². The Morgan fingerprint density at radius 3 is 2.48 bits per heavy atom. The third-order valence-corrected chi connectivity index (χ3v) is 3.14. The van der Waals surface area contributed by atoms with Crippen LogP contribution in [0.2, 0.25) is 0 Å². The van der Waals surface area contributed by atoms with E-state index in [2.05, 4.69) is 15.3 Å². The van der Waals surface area contributed by atoms with Gasteiger partial charge in [0, 0.05) is 6.20 Å². The summed E-state index contributed by atoms with van der Waals surface area (Å²) in [6, 6.07) is 9.37. The molecule has 0 aliphatic rings. The van der Waals surface area contributed by atoms with Crippen molar-refractivity contribution in [2.24, 2.45) is 0 Å². The fourth-order valence-electron chi connectivity index (χ4n) is 1.72. The topological polar surface area (TPSA) is 64.1 Å². The quantitative estimate of drug-likeness (QED) is 0.916. The Balaban J connectivity index is 1.92. The van der Waals surface area contributed by atoms with Crippen LogP contribution in [0.1, 0.15) is 30.0 Å². The monoisotopic (exact) mass is 285 g/mol. The molecule has 1 aromatic heterocycles. The number of hydrogen-bond donors (Lipinski definition) is 1. The first-order valence-corrected chi connectivity index (χ1v) is 6.87. The molecule has 0 saturated carbocycles. The molecule has 1 aromatic carbocycles. The number of nitrogens with one attached hydrogen (secondary N) is 1. The maximum absolute atomic E-state index is 12.1. The molecule has 1 amide bonds. The maximum Gasteiger partial charge on any atom is 0.271 e. The first-order chi connectivity index (χ1) is 10.1. The zero-order chi connectivity index (χ0) is 15.2. The molecule has 110 valence electrons. The number of aromatic nitrogens is 2. The molecule has 0 unspecified atom stereocenters. The van der Waals surface area contributed by atoms with E-state index in [4.69, 9.17) is 4.74 Å². The average Bonchev–Trinajstić information content (AvgIpc) is 2.48. The summed E-state index contributed by atoms with van der Waals surface area (Å²) in [7, 11) is 0. The van der Waals surface area contributed by atoms with Gasteiger partial charge in [-0.15, -0.1) is 0 Å². The first kappa shape index (κ1) is 15.0. The molecule has 0 aliphatic carbocycles. The molecule has 5 heteroatoms. The average molecular weight is 285 g/mol. The molecule has 0 spiro atoms. The van der Waals surface area contributed by atoms with E-state index in [0.717, 1.165) is 11.4 Å². The minimum atomic E-state index is -0.251. The minimum Gasteiger partial charge on any atom is -0.489 e. The third kappa shape index (κ3) is 4.27. The highest BCUT2D eigenvalue weighted by Crippen LogP contribution is 2.12. The summed E-state index contributed by atoms with van der Waals surface area (Å²) in [5, 5.41) is 2.87. The van der Waals surface area contributed by atoms with E-state index in [1.807, 2.05) is 51.1 Å². The highest BCUT2D eigenvalue weighted by molar-refractivity contribution is 5.92.